The fourth-order valence-electron chi connectivity index (χ4n) is 1.13. The number of aromatic nitrogens is 1. The molecule has 2 rings (SSSR count). The number of aromatic hydroxyl groups is 1. The molecule has 0 atom stereocenters. The Bertz CT molecular complexity index is 353. The first-order valence-corrected chi connectivity index (χ1v) is 3.46. The van der Waals surface area contributed by atoms with Crippen LogP contribution in [-0.4, -0.2) is 10.1 Å². The van der Waals surface area contributed by atoms with Gasteiger partial charge < -0.3 is 10.1 Å². The molecule has 0 saturated carbocycles. The fraction of sp³-hybridized carbons (Fsp3) is 0.111. The number of phenols is 1. The molecule has 0 bridgehead atoms. The van der Waals surface area contributed by atoms with Crippen molar-refractivity contribution in [2.75, 3.05) is 0 Å². The van der Waals surface area contributed by atoms with Gasteiger partial charge in [0.15, 0.2) is 0 Å². The molecule has 0 spiro atoms. The number of nitrogens with one attached hydrogen (secondary N) is 1. The maximum atomic E-state index is 9.30. The molecule has 1 aromatic heterocycles. The van der Waals surface area contributed by atoms with E-state index in [2.05, 4.69) is 11.1 Å². The van der Waals surface area contributed by atoms with E-state index in [1.165, 1.54) is 0 Å². The fourth-order valence-corrected chi connectivity index (χ4v) is 1.13. The number of H-pyrrole nitrogens is 1. The highest BCUT2D eigenvalue weighted by atomic mass is 16.3. The van der Waals surface area contributed by atoms with Crippen LogP contribution in [0, 0.1) is 13.0 Å². The third-order valence-electron chi connectivity index (χ3n) is 1.79. The van der Waals surface area contributed by atoms with Crippen LogP contribution in [0.4, 0.5) is 0 Å². The molecule has 0 fully saturated rings. The zero-order chi connectivity index (χ0) is 7.84. The second-order valence-corrected chi connectivity index (χ2v) is 2.62. The van der Waals surface area contributed by atoms with Crippen molar-refractivity contribution < 1.29 is 5.11 Å². The van der Waals surface area contributed by atoms with Crippen molar-refractivity contribution in [2.45, 2.75) is 6.92 Å². The average molecular weight is 146 g/mol. The number of rotatable bonds is 0. The third kappa shape index (κ3) is 0.871. The van der Waals surface area contributed by atoms with Gasteiger partial charge in [0.2, 0.25) is 0 Å². The predicted octanol–water partition coefficient (Wildman–Crippen LogP) is 1.98. The molecule has 0 amide bonds. The lowest BCUT2D eigenvalue weighted by molar-refractivity contribution is 0.472. The Morgan fingerprint density at radius 3 is 3.09 bits per heavy atom. The zero-order valence-electron chi connectivity index (χ0n) is 6.18. The van der Waals surface area contributed by atoms with Gasteiger partial charge in [-0.15, -0.1) is 0 Å². The number of aromatic amines is 1. The van der Waals surface area contributed by atoms with Gasteiger partial charge in [0.05, 0.1) is 0 Å². The highest BCUT2D eigenvalue weighted by Crippen LogP contribution is 2.22. The first-order valence-electron chi connectivity index (χ1n) is 3.46. The maximum absolute atomic E-state index is 9.30. The molecule has 0 unspecified atom stereocenters. The van der Waals surface area contributed by atoms with E-state index in [0.717, 1.165) is 16.5 Å². The summed E-state index contributed by atoms with van der Waals surface area (Å²) in [5.74, 6) is 0.327. The number of hydrogen-bond acceptors (Lipinski definition) is 1. The van der Waals surface area contributed by atoms with Crippen molar-refractivity contribution in [3.05, 3.63) is 30.0 Å². The van der Waals surface area contributed by atoms with Crippen LogP contribution in [0.25, 0.3) is 10.9 Å². The Labute approximate surface area is 64.5 Å². The Kier molecular flexibility index (Phi) is 1.15. The lowest BCUT2D eigenvalue weighted by Gasteiger charge is -1.96. The Balaban J connectivity index is 2.86. The van der Waals surface area contributed by atoms with Gasteiger partial charge in [-0.3, -0.25) is 0 Å². The number of fused-ring (bicyclic) bond motifs is 1. The third-order valence-corrected chi connectivity index (χ3v) is 1.79. The monoisotopic (exact) mass is 146 g/mol. The van der Waals surface area contributed by atoms with E-state index in [0.29, 0.717) is 5.75 Å². The van der Waals surface area contributed by atoms with E-state index in [9.17, 15) is 5.11 Å². The molecule has 2 N–H and O–H groups in total. The van der Waals surface area contributed by atoms with Crippen molar-refractivity contribution in [1.82, 2.24) is 4.98 Å². The van der Waals surface area contributed by atoms with Gasteiger partial charge in [0, 0.05) is 29.2 Å². The van der Waals surface area contributed by atoms with Crippen LogP contribution in [0.3, 0.4) is 0 Å². The van der Waals surface area contributed by atoms with Gasteiger partial charge in [0.25, 0.3) is 0 Å². The molecule has 2 aromatic rings. The molecule has 2 heteroatoms. The summed E-state index contributed by atoms with van der Waals surface area (Å²) < 4.78 is 0. The number of phenolic OH excluding ortho intramolecular Hbond substituents is 1. The van der Waals surface area contributed by atoms with Crippen LogP contribution in [0.5, 0.6) is 5.75 Å². The molecule has 1 aromatic carbocycles. The van der Waals surface area contributed by atoms with Crippen LogP contribution in [0.15, 0.2) is 18.3 Å². The van der Waals surface area contributed by atoms with Crippen molar-refractivity contribution in [3.63, 3.8) is 0 Å². The minimum Gasteiger partial charge on any atom is -0.508 e. The minimum atomic E-state index is 0.327. The minimum absolute atomic E-state index is 0.327. The van der Waals surface area contributed by atoms with Crippen LogP contribution >= 0.6 is 0 Å². The molecule has 11 heavy (non-hydrogen) atoms. The van der Waals surface area contributed by atoms with Crippen molar-refractivity contribution in [1.29, 1.82) is 0 Å². The van der Waals surface area contributed by atoms with Gasteiger partial charge in [-0.25, -0.2) is 0 Å². The molecule has 0 aliphatic rings. The highest BCUT2D eigenvalue weighted by Gasteiger charge is 1.99. The predicted molar refractivity (Wildman–Crippen MR) is 43.5 cm³/mol. The average Bonchev–Trinajstić information content (AvgIpc) is 2.36. The van der Waals surface area contributed by atoms with Gasteiger partial charge in [-0.05, 0) is 18.6 Å². The van der Waals surface area contributed by atoms with Gasteiger partial charge in [0.1, 0.15) is 5.75 Å². The van der Waals surface area contributed by atoms with E-state index in [-0.39, 0.29) is 0 Å². The summed E-state index contributed by atoms with van der Waals surface area (Å²) in [6.07, 6.45) is 1.74. The normalized spacial score (nSPS) is 10.6. The second-order valence-electron chi connectivity index (χ2n) is 2.62. The standard InChI is InChI=1S/C9H8NO/c1-6-4-7-2-3-10-8(7)5-9(6)11/h3-5,10-11H,1H3. The summed E-state index contributed by atoms with van der Waals surface area (Å²) in [5, 5.41) is 10.3. The molecule has 0 saturated heterocycles. The number of aryl methyl sites for hydroxylation is 1. The van der Waals surface area contributed by atoms with Crippen molar-refractivity contribution >= 4 is 10.9 Å². The molecule has 0 aliphatic heterocycles. The van der Waals surface area contributed by atoms with Gasteiger partial charge in [-0.2, -0.15) is 0 Å². The smallest absolute Gasteiger partial charge is 0.120 e. The highest BCUT2D eigenvalue weighted by molar-refractivity contribution is 5.81. The molecule has 55 valence electrons. The largest absolute Gasteiger partial charge is 0.508 e. The van der Waals surface area contributed by atoms with E-state index >= 15 is 0 Å². The molecule has 1 radical (unpaired) electrons. The summed E-state index contributed by atoms with van der Waals surface area (Å²) in [4.78, 5) is 2.97. The zero-order valence-corrected chi connectivity index (χ0v) is 6.18. The molecular weight excluding hydrogens is 138 g/mol. The van der Waals surface area contributed by atoms with E-state index in [1.807, 2.05) is 13.0 Å². The van der Waals surface area contributed by atoms with E-state index in [4.69, 9.17) is 0 Å². The first-order chi connectivity index (χ1) is 5.27. The molecule has 1 heterocycles. The number of benzene rings is 1. The summed E-state index contributed by atoms with van der Waals surface area (Å²) in [6, 6.07) is 6.63. The number of hydrogen-bond donors (Lipinski definition) is 2. The summed E-state index contributed by atoms with van der Waals surface area (Å²) in [6.45, 7) is 1.87. The first kappa shape index (κ1) is 6.28. The van der Waals surface area contributed by atoms with Crippen LogP contribution in [0.1, 0.15) is 5.56 Å². The van der Waals surface area contributed by atoms with Crippen molar-refractivity contribution in [2.24, 2.45) is 0 Å². The molecular formula is C9H8NO. The topological polar surface area (TPSA) is 36.0 Å². The lowest BCUT2D eigenvalue weighted by atomic mass is 10.1. The van der Waals surface area contributed by atoms with E-state index in [1.54, 1.807) is 12.3 Å². The van der Waals surface area contributed by atoms with Gasteiger partial charge in [-0.1, -0.05) is 0 Å². The summed E-state index contributed by atoms with van der Waals surface area (Å²) in [7, 11) is 0. The maximum Gasteiger partial charge on any atom is 0.120 e. The summed E-state index contributed by atoms with van der Waals surface area (Å²) >= 11 is 0. The van der Waals surface area contributed by atoms with Crippen LogP contribution in [0.2, 0.25) is 0 Å². The summed E-state index contributed by atoms with van der Waals surface area (Å²) in [5.41, 5.74) is 1.81. The Morgan fingerprint density at radius 1 is 1.45 bits per heavy atom. The lowest BCUT2D eigenvalue weighted by Crippen LogP contribution is -1.74. The Morgan fingerprint density at radius 2 is 2.27 bits per heavy atom. The molecule has 2 nitrogen and oxygen atoms in total. The van der Waals surface area contributed by atoms with Gasteiger partial charge >= 0.3 is 0 Å². The van der Waals surface area contributed by atoms with Crippen LogP contribution in [-0.2, 0) is 0 Å². The molecule has 0 aliphatic carbocycles. The quantitative estimate of drug-likeness (QED) is 0.585. The second kappa shape index (κ2) is 2.02. The van der Waals surface area contributed by atoms with E-state index < -0.39 is 0 Å². The van der Waals surface area contributed by atoms with Crippen molar-refractivity contribution in [3.8, 4) is 5.75 Å². The van der Waals surface area contributed by atoms with Crippen LogP contribution < -0.4 is 0 Å². The SMILES string of the molecule is Cc1cc2[c]c[nH]c2cc1O. The Hall–Kier alpha value is -1.44.